The smallest absolute Gasteiger partial charge is 0.253 e. The van der Waals surface area contributed by atoms with Crippen molar-refractivity contribution in [3.05, 3.63) is 88.8 Å². The minimum atomic E-state index is -0.303. The summed E-state index contributed by atoms with van der Waals surface area (Å²) in [7, 11) is 0. The van der Waals surface area contributed by atoms with Gasteiger partial charge in [-0.25, -0.2) is 4.39 Å². The van der Waals surface area contributed by atoms with Gasteiger partial charge in [0.05, 0.1) is 16.3 Å². The third-order valence-electron chi connectivity index (χ3n) is 3.57. The van der Waals surface area contributed by atoms with Crippen LogP contribution in [0.25, 0.3) is 11.3 Å². The Balaban J connectivity index is 1.80. The number of aromatic nitrogens is 1. The lowest BCUT2D eigenvalue weighted by molar-refractivity contribution is 0.0951. The average Bonchev–Trinajstić information content (AvgIpc) is 2.61. The van der Waals surface area contributed by atoms with Gasteiger partial charge in [0, 0.05) is 18.3 Å². The Bertz CT molecular complexity index is 865. The minimum Gasteiger partial charge on any atom is -0.348 e. The summed E-state index contributed by atoms with van der Waals surface area (Å²) < 4.78 is 13.1. The van der Waals surface area contributed by atoms with Gasteiger partial charge in [-0.15, -0.1) is 0 Å². The van der Waals surface area contributed by atoms with E-state index in [4.69, 9.17) is 11.6 Å². The van der Waals surface area contributed by atoms with E-state index >= 15 is 0 Å². The Kier molecular flexibility index (Phi) is 4.87. The van der Waals surface area contributed by atoms with Crippen molar-refractivity contribution in [2.75, 3.05) is 0 Å². The quantitative estimate of drug-likeness (QED) is 0.761. The van der Waals surface area contributed by atoms with Crippen LogP contribution in [0.15, 0.2) is 66.9 Å². The number of halogens is 2. The molecule has 2 aromatic carbocycles. The van der Waals surface area contributed by atoms with Crippen LogP contribution in [-0.2, 0) is 6.54 Å². The fourth-order valence-electron chi connectivity index (χ4n) is 2.37. The topological polar surface area (TPSA) is 42.0 Å². The molecule has 1 amide bonds. The van der Waals surface area contributed by atoms with Crippen molar-refractivity contribution in [3.8, 4) is 11.3 Å². The molecule has 0 aliphatic rings. The lowest BCUT2D eigenvalue weighted by Gasteiger charge is -2.10. The van der Waals surface area contributed by atoms with Crippen molar-refractivity contribution in [2.24, 2.45) is 0 Å². The maximum absolute atomic E-state index is 13.1. The number of hydrogen-bond acceptors (Lipinski definition) is 2. The van der Waals surface area contributed by atoms with E-state index in [0.717, 1.165) is 11.1 Å². The van der Waals surface area contributed by atoms with Crippen LogP contribution in [-0.4, -0.2) is 10.9 Å². The molecule has 120 valence electrons. The third kappa shape index (κ3) is 3.60. The third-order valence-corrected chi connectivity index (χ3v) is 3.90. The zero-order valence-electron chi connectivity index (χ0n) is 12.7. The predicted molar refractivity (Wildman–Crippen MR) is 92.3 cm³/mol. The van der Waals surface area contributed by atoms with Crippen LogP contribution in [0.1, 0.15) is 15.9 Å². The van der Waals surface area contributed by atoms with E-state index in [9.17, 15) is 9.18 Å². The second-order valence-corrected chi connectivity index (χ2v) is 5.59. The molecule has 1 heterocycles. The molecule has 0 radical (unpaired) electrons. The highest BCUT2D eigenvalue weighted by molar-refractivity contribution is 6.33. The van der Waals surface area contributed by atoms with Crippen molar-refractivity contribution in [1.29, 1.82) is 0 Å². The van der Waals surface area contributed by atoms with Gasteiger partial charge in [-0.1, -0.05) is 29.8 Å². The molecule has 0 aliphatic carbocycles. The van der Waals surface area contributed by atoms with Gasteiger partial charge in [0.2, 0.25) is 0 Å². The highest BCUT2D eigenvalue weighted by Crippen LogP contribution is 2.22. The average molecular weight is 341 g/mol. The molecule has 24 heavy (non-hydrogen) atoms. The van der Waals surface area contributed by atoms with Gasteiger partial charge >= 0.3 is 0 Å². The molecule has 1 aromatic heterocycles. The number of hydrogen-bond donors (Lipinski definition) is 1. The maximum atomic E-state index is 13.1. The van der Waals surface area contributed by atoms with Crippen molar-refractivity contribution in [2.45, 2.75) is 6.54 Å². The zero-order valence-corrected chi connectivity index (χ0v) is 13.4. The van der Waals surface area contributed by atoms with E-state index in [1.165, 1.54) is 12.1 Å². The molecule has 1 N–H and O–H groups in total. The lowest BCUT2D eigenvalue weighted by atomic mass is 10.1. The van der Waals surface area contributed by atoms with Gasteiger partial charge in [-0.2, -0.15) is 0 Å². The molecule has 0 spiro atoms. The Hall–Kier alpha value is -2.72. The summed E-state index contributed by atoms with van der Waals surface area (Å²) in [6.45, 7) is 0.296. The van der Waals surface area contributed by atoms with Crippen LogP contribution in [0.3, 0.4) is 0 Å². The Morgan fingerprint density at radius 2 is 1.79 bits per heavy atom. The molecular weight excluding hydrogens is 327 g/mol. The van der Waals surface area contributed by atoms with Gasteiger partial charge in [0.25, 0.3) is 5.91 Å². The second kappa shape index (κ2) is 7.23. The fraction of sp³-hybridized carbons (Fsp3) is 0.0526. The molecule has 5 heteroatoms. The second-order valence-electron chi connectivity index (χ2n) is 5.18. The first kappa shape index (κ1) is 16.1. The molecule has 0 atom stereocenters. The molecule has 3 nitrogen and oxygen atoms in total. The number of rotatable bonds is 4. The standard InChI is InChI=1S/C19H14ClFN2O/c20-17-6-2-1-5-16(17)19(24)23-12-14-4-3-11-22-18(14)13-7-9-15(21)10-8-13/h1-11H,12H2,(H,23,24). The molecule has 3 aromatic rings. The highest BCUT2D eigenvalue weighted by Gasteiger charge is 2.11. The molecule has 0 bridgehead atoms. The van der Waals surface area contributed by atoms with Crippen molar-refractivity contribution in [3.63, 3.8) is 0 Å². The summed E-state index contributed by atoms with van der Waals surface area (Å²) in [5, 5.41) is 3.24. The van der Waals surface area contributed by atoms with Crippen LogP contribution in [0.4, 0.5) is 4.39 Å². The van der Waals surface area contributed by atoms with Gasteiger partial charge in [0.1, 0.15) is 5.82 Å². The summed E-state index contributed by atoms with van der Waals surface area (Å²) in [5.41, 5.74) is 2.76. The van der Waals surface area contributed by atoms with Gasteiger partial charge in [0.15, 0.2) is 0 Å². The molecular formula is C19H14ClFN2O. The predicted octanol–water partition coefficient (Wildman–Crippen LogP) is 4.47. The largest absolute Gasteiger partial charge is 0.348 e. The van der Waals surface area contributed by atoms with Gasteiger partial charge in [-0.3, -0.25) is 9.78 Å². The summed E-state index contributed by atoms with van der Waals surface area (Å²) in [5.74, 6) is -0.558. The van der Waals surface area contributed by atoms with Crippen LogP contribution in [0, 0.1) is 5.82 Å². The Labute approximate surface area is 144 Å². The van der Waals surface area contributed by atoms with Crippen molar-refractivity contribution < 1.29 is 9.18 Å². The Morgan fingerprint density at radius 3 is 2.54 bits per heavy atom. The number of pyridine rings is 1. The van der Waals surface area contributed by atoms with Crippen LogP contribution < -0.4 is 5.32 Å². The first-order chi connectivity index (χ1) is 11.6. The first-order valence-electron chi connectivity index (χ1n) is 7.38. The van der Waals surface area contributed by atoms with E-state index in [-0.39, 0.29) is 11.7 Å². The fourth-order valence-corrected chi connectivity index (χ4v) is 2.59. The molecule has 0 saturated carbocycles. The van der Waals surface area contributed by atoms with E-state index in [1.807, 2.05) is 6.07 Å². The molecule has 3 rings (SSSR count). The van der Waals surface area contributed by atoms with E-state index in [0.29, 0.717) is 22.8 Å². The first-order valence-corrected chi connectivity index (χ1v) is 7.75. The molecule has 0 unspecified atom stereocenters. The zero-order chi connectivity index (χ0) is 16.9. The number of benzene rings is 2. The van der Waals surface area contributed by atoms with Gasteiger partial charge in [-0.05, 0) is 48.0 Å². The summed E-state index contributed by atoms with van der Waals surface area (Å²) in [4.78, 5) is 16.6. The maximum Gasteiger partial charge on any atom is 0.253 e. The van der Waals surface area contributed by atoms with Crippen molar-refractivity contribution >= 4 is 17.5 Å². The lowest BCUT2D eigenvalue weighted by Crippen LogP contribution is -2.23. The highest BCUT2D eigenvalue weighted by atomic mass is 35.5. The molecule has 0 saturated heterocycles. The Morgan fingerprint density at radius 1 is 1.04 bits per heavy atom. The molecule has 0 fully saturated rings. The van der Waals surface area contributed by atoms with E-state index < -0.39 is 0 Å². The number of nitrogens with zero attached hydrogens (tertiary/aromatic N) is 1. The summed E-state index contributed by atoms with van der Waals surface area (Å²) in [6, 6.07) is 16.6. The number of carbonyl (C=O) groups is 1. The molecule has 0 aliphatic heterocycles. The summed E-state index contributed by atoms with van der Waals surface area (Å²) >= 11 is 6.03. The normalized spacial score (nSPS) is 10.4. The monoisotopic (exact) mass is 340 g/mol. The van der Waals surface area contributed by atoms with Crippen LogP contribution >= 0.6 is 11.6 Å². The SMILES string of the molecule is O=C(NCc1cccnc1-c1ccc(F)cc1)c1ccccc1Cl. The van der Waals surface area contributed by atoms with E-state index in [1.54, 1.807) is 48.7 Å². The van der Waals surface area contributed by atoms with Crippen LogP contribution in [0.2, 0.25) is 5.02 Å². The number of amides is 1. The number of carbonyl (C=O) groups excluding carboxylic acids is 1. The van der Waals surface area contributed by atoms with Crippen molar-refractivity contribution in [1.82, 2.24) is 10.3 Å². The van der Waals surface area contributed by atoms with Gasteiger partial charge < -0.3 is 5.32 Å². The summed E-state index contributed by atoms with van der Waals surface area (Å²) in [6.07, 6.45) is 1.66. The minimum absolute atomic E-state index is 0.255. The number of nitrogens with one attached hydrogen (secondary N) is 1. The van der Waals surface area contributed by atoms with E-state index in [2.05, 4.69) is 10.3 Å². The van der Waals surface area contributed by atoms with Crippen LogP contribution in [0.5, 0.6) is 0 Å².